The van der Waals surface area contributed by atoms with E-state index in [2.05, 4.69) is 4.72 Å². The topological polar surface area (TPSA) is 46.2 Å². The summed E-state index contributed by atoms with van der Waals surface area (Å²) in [5.74, 6) is 0.0986. The van der Waals surface area contributed by atoms with Crippen molar-refractivity contribution in [2.45, 2.75) is 30.8 Å². The van der Waals surface area contributed by atoms with Crippen molar-refractivity contribution in [2.24, 2.45) is 0 Å². The first-order chi connectivity index (χ1) is 10.6. The molecule has 0 atom stereocenters. The Balaban J connectivity index is 2.33. The molecular weight excluding hydrogens is 327 g/mol. The summed E-state index contributed by atoms with van der Waals surface area (Å²) in [6.45, 7) is 3.84. The molecule has 23 heavy (non-hydrogen) atoms. The highest BCUT2D eigenvalue weighted by Crippen LogP contribution is 2.30. The van der Waals surface area contributed by atoms with Crippen LogP contribution in [0.25, 0.3) is 0 Å². The van der Waals surface area contributed by atoms with Gasteiger partial charge in [-0.25, -0.2) is 8.42 Å². The van der Waals surface area contributed by atoms with Crippen molar-refractivity contribution in [1.82, 2.24) is 0 Å². The van der Waals surface area contributed by atoms with Crippen LogP contribution in [-0.4, -0.2) is 8.42 Å². The van der Waals surface area contributed by atoms with Crippen LogP contribution in [0.4, 0.5) is 18.9 Å². The largest absolute Gasteiger partial charge is 0.416 e. The van der Waals surface area contributed by atoms with E-state index in [-0.39, 0.29) is 10.8 Å². The van der Waals surface area contributed by atoms with Gasteiger partial charge in [-0.2, -0.15) is 13.2 Å². The van der Waals surface area contributed by atoms with Gasteiger partial charge in [-0.1, -0.05) is 32.0 Å². The molecule has 0 unspecified atom stereocenters. The lowest BCUT2D eigenvalue weighted by Gasteiger charge is -2.15. The highest BCUT2D eigenvalue weighted by Gasteiger charge is 2.30. The Kier molecular flexibility index (Phi) is 4.70. The van der Waals surface area contributed by atoms with Crippen LogP contribution >= 0.6 is 0 Å². The van der Waals surface area contributed by atoms with Crippen molar-refractivity contribution in [3.8, 4) is 0 Å². The van der Waals surface area contributed by atoms with Crippen LogP contribution in [0.2, 0.25) is 0 Å². The van der Waals surface area contributed by atoms with Crippen LogP contribution in [0.3, 0.4) is 0 Å². The Bertz CT molecular complexity index is 782. The maximum atomic E-state index is 12.5. The van der Waals surface area contributed by atoms with Gasteiger partial charge in [0, 0.05) is 0 Å². The first-order valence-corrected chi connectivity index (χ1v) is 8.38. The molecule has 1 N–H and O–H groups in total. The van der Waals surface area contributed by atoms with Crippen molar-refractivity contribution in [1.29, 1.82) is 0 Å². The van der Waals surface area contributed by atoms with Crippen molar-refractivity contribution < 1.29 is 21.6 Å². The fourth-order valence-electron chi connectivity index (χ4n) is 2.12. The van der Waals surface area contributed by atoms with Crippen LogP contribution in [0.5, 0.6) is 0 Å². The SMILES string of the molecule is CC(C)c1ccccc1NS(=O)(=O)c1ccc(C(F)(F)F)cc1. The van der Waals surface area contributed by atoms with Crippen LogP contribution in [-0.2, 0) is 16.2 Å². The number of sulfonamides is 1. The average molecular weight is 343 g/mol. The molecule has 0 saturated heterocycles. The van der Waals surface area contributed by atoms with Crippen LogP contribution in [0, 0.1) is 0 Å². The molecule has 2 aromatic rings. The summed E-state index contributed by atoms with van der Waals surface area (Å²) in [5.41, 5.74) is 0.337. The Hall–Kier alpha value is -2.02. The van der Waals surface area contributed by atoms with Crippen molar-refractivity contribution >= 4 is 15.7 Å². The van der Waals surface area contributed by atoms with Gasteiger partial charge in [0.2, 0.25) is 0 Å². The number of rotatable bonds is 4. The molecular formula is C16H16F3NO2S. The maximum Gasteiger partial charge on any atom is 0.416 e. The number of nitrogens with one attached hydrogen (secondary N) is 1. The van der Waals surface area contributed by atoms with Crippen LogP contribution in [0.15, 0.2) is 53.4 Å². The second kappa shape index (κ2) is 6.23. The van der Waals surface area contributed by atoms with Gasteiger partial charge >= 0.3 is 6.18 Å². The predicted molar refractivity (Wildman–Crippen MR) is 82.8 cm³/mol. The van der Waals surface area contributed by atoms with Crippen molar-refractivity contribution in [3.05, 3.63) is 59.7 Å². The molecule has 0 aliphatic carbocycles. The number of benzene rings is 2. The number of halogens is 3. The smallest absolute Gasteiger partial charge is 0.279 e. The van der Waals surface area contributed by atoms with E-state index in [1.54, 1.807) is 24.3 Å². The fourth-order valence-corrected chi connectivity index (χ4v) is 3.21. The average Bonchev–Trinajstić information content (AvgIpc) is 2.46. The quantitative estimate of drug-likeness (QED) is 0.880. The predicted octanol–water partition coefficient (Wildman–Crippen LogP) is 4.63. The number of hydrogen-bond acceptors (Lipinski definition) is 2. The summed E-state index contributed by atoms with van der Waals surface area (Å²) < 4.78 is 64.7. The second-order valence-corrected chi connectivity index (χ2v) is 7.05. The highest BCUT2D eigenvalue weighted by atomic mass is 32.2. The summed E-state index contributed by atoms with van der Waals surface area (Å²) in [5, 5.41) is 0. The van der Waals surface area contributed by atoms with E-state index in [0.717, 1.165) is 29.8 Å². The Morgan fingerprint density at radius 3 is 2.04 bits per heavy atom. The van der Waals surface area contributed by atoms with Gasteiger partial charge in [-0.05, 0) is 41.8 Å². The molecule has 0 spiro atoms. The third-order valence-corrected chi connectivity index (χ3v) is 4.70. The first kappa shape index (κ1) is 17.3. The highest BCUT2D eigenvalue weighted by molar-refractivity contribution is 7.92. The molecule has 0 amide bonds. The van der Waals surface area contributed by atoms with Gasteiger partial charge in [-0.3, -0.25) is 4.72 Å². The molecule has 7 heteroatoms. The van der Waals surface area contributed by atoms with E-state index in [4.69, 9.17) is 0 Å². The number of anilines is 1. The number of hydrogen-bond donors (Lipinski definition) is 1. The molecule has 0 saturated carbocycles. The minimum atomic E-state index is -4.50. The molecule has 0 aliphatic rings. The molecule has 2 rings (SSSR count). The van der Waals surface area contributed by atoms with E-state index in [1.807, 2.05) is 13.8 Å². The number of para-hydroxylation sites is 1. The number of alkyl halides is 3. The minimum absolute atomic E-state index is 0.0986. The van der Waals surface area contributed by atoms with E-state index in [9.17, 15) is 21.6 Å². The Labute approximate surface area is 133 Å². The monoisotopic (exact) mass is 343 g/mol. The van der Waals surface area contributed by atoms with Gasteiger partial charge in [0.15, 0.2) is 0 Å². The lowest BCUT2D eigenvalue weighted by atomic mass is 10.0. The van der Waals surface area contributed by atoms with E-state index in [1.165, 1.54) is 0 Å². The van der Waals surface area contributed by atoms with Gasteiger partial charge in [0.05, 0.1) is 16.1 Å². The third kappa shape index (κ3) is 4.04. The molecule has 0 aliphatic heterocycles. The zero-order valence-corrected chi connectivity index (χ0v) is 13.4. The molecule has 124 valence electrons. The minimum Gasteiger partial charge on any atom is -0.279 e. The second-order valence-electron chi connectivity index (χ2n) is 5.37. The van der Waals surface area contributed by atoms with Gasteiger partial charge < -0.3 is 0 Å². The van der Waals surface area contributed by atoms with E-state index in [0.29, 0.717) is 5.69 Å². The molecule has 2 aromatic carbocycles. The summed E-state index contributed by atoms with van der Waals surface area (Å²) in [4.78, 5) is -0.218. The normalized spacial score (nSPS) is 12.4. The Morgan fingerprint density at radius 1 is 0.957 bits per heavy atom. The lowest BCUT2D eigenvalue weighted by Crippen LogP contribution is -2.15. The third-order valence-electron chi connectivity index (χ3n) is 3.32. The van der Waals surface area contributed by atoms with Crippen LogP contribution in [0.1, 0.15) is 30.9 Å². The molecule has 0 radical (unpaired) electrons. The zero-order valence-electron chi connectivity index (χ0n) is 12.6. The fraction of sp³-hybridized carbons (Fsp3) is 0.250. The summed E-state index contributed by atoms with van der Waals surface area (Å²) in [7, 11) is -3.95. The summed E-state index contributed by atoms with van der Waals surface area (Å²) in [6, 6.07) is 10.3. The van der Waals surface area contributed by atoms with Crippen molar-refractivity contribution in [3.63, 3.8) is 0 Å². The van der Waals surface area contributed by atoms with Gasteiger partial charge in [0.1, 0.15) is 0 Å². The summed E-state index contributed by atoms with van der Waals surface area (Å²) in [6.07, 6.45) is -4.50. The molecule has 0 aromatic heterocycles. The standard InChI is InChI=1S/C16H16F3NO2S/c1-11(2)14-5-3-4-6-15(14)20-23(21,22)13-9-7-12(8-10-13)16(17,18)19/h3-11,20H,1-2H3. The van der Waals surface area contributed by atoms with Crippen LogP contribution < -0.4 is 4.72 Å². The molecule has 0 fully saturated rings. The molecule has 0 bridgehead atoms. The first-order valence-electron chi connectivity index (χ1n) is 6.90. The summed E-state index contributed by atoms with van der Waals surface area (Å²) >= 11 is 0. The van der Waals surface area contributed by atoms with Gasteiger partial charge in [-0.15, -0.1) is 0 Å². The van der Waals surface area contributed by atoms with Gasteiger partial charge in [0.25, 0.3) is 10.0 Å². The van der Waals surface area contributed by atoms with E-state index < -0.39 is 21.8 Å². The van der Waals surface area contributed by atoms with Crippen molar-refractivity contribution in [2.75, 3.05) is 4.72 Å². The van der Waals surface area contributed by atoms with E-state index >= 15 is 0 Å². The molecule has 0 heterocycles. The zero-order chi connectivity index (χ0) is 17.3. The maximum absolute atomic E-state index is 12.5. The molecule has 3 nitrogen and oxygen atoms in total. The Morgan fingerprint density at radius 2 is 1.52 bits per heavy atom. The lowest BCUT2D eigenvalue weighted by molar-refractivity contribution is -0.137.